The molecule has 0 aliphatic heterocycles. The molecule has 1 aromatic rings. The van der Waals surface area contributed by atoms with Crippen molar-refractivity contribution in [3.63, 3.8) is 0 Å². The Kier molecular flexibility index (Phi) is 4.78. The minimum absolute atomic E-state index is 0.00576. The number of carbonyl (C=O) groups excluding carboxylic acids is 1. The highest BCUT2D eigenvalue weighted by molar-refractivity contribution is 5.79. The van der Waals surface area contributed by atoms with Gasteiger partial charge in [0.05, 0.1) is 18.7 Å². The number of hydrogen-bond acceptors (Lipinski definition) is 3. The number of rotatable bonds is 7. The summed E-state index contributed by atoms with van der Waals surface area (Å²) in [6.07, 6.45) is 2.19. The third-order valence-corrected chi connectivity index (χ3v) is 3.94. The Morgan fingerprint density at radius 1 is 1.40 bits per heavy atom. The molecule has 1 atom stereocenters. The minimum Gasteiger partial charge on any atom is -0.394 e. The molecule has 1 aliphatic carbocycles. The molecule has 4 nitrogen and oxygen atoms in total. The van der Waals surface area contributed by atoms with E-state index in [4.69, 9.17) is 0 Å². The van der Waals surface area contributed by atoms with Gasteiger partial charge in [-0.3, -0.25) is 9.69 Å². The van der Waals surface area contributed by atoms with Gasteiger partial charge < -0.3 is 10.4 Å². The molecule has 20 heavy (non-hydrogen) atoms. The van der Waals surface area contributed by atoms with Crippen LogP contribution in [0.4, 0.5) is 0 Å². The second-order valence-corrected chi connectivity index (χ2v) is 6.06. The van der Waals surface area contributed by atoms with Crippen LogP contribution in [0.15, 0.2) is 30.3 Å². The quantitative estimate of drug-likeness (QED) is 0.791. The number of aliphatic hydroxyl groups excluding tert-OH is 1. The van der Waals surface area contributed by atoms with E-state index >= 15 is 0 Å². The largest absolute Gasteiger partial charge is 0.394 e. The summed E-state index contributed by atoms with van der Waals surface area (Å²) in [7, 11) is 1.93. The number of carbonyl (C=O) groups is 1. The Bertz CT molecular complexity index is 445. The van der Waals surface area contributed by atoms with Crippen LogP contribution in [-0.2, 0) is 11.3 Å². The van der Waals surface area contributed by atoms with Crippen LogP contribution >= 0.6 is 0 Å². The van der Waals surface area contributed by atoms with Crippen molar-refractivity contribution in [1.29, 1.82) is 0 Å². The highest BCUT2D eigenvalue weighted by atomic mass is 16.3. The fourth-order valence-corrected chi connectivity index (χ4v) is 2.55. The highest BCUT2D eigenvalue weighted by Gasteiger charge is 2.42. The molecular weight excluding hydrogens is 252 g/mol. The van der Waals surface area contributed by atoms with Gasteiger partial charge in [0.15, 0.2) is 0 Å². The second-order valence-electron chi connectivity index (χ2n) is 6.06. The van der Waals surface area contributed by atoms with Crippen molar-refractivity contribution in [1.82, 2.24) is 10.2 Å². The third kappa shape index (κ3) is 4.05. The molecular formula is C16H24N2O2. The molecule has 0 radical (unpaired) electrons. The van der Waals surface area contributed by atoms with Crippen molar-refractivity contribution in [2.24, 2.45) is 5.92 Å². The number of aliphatic hydroxyl groups is 1. The number of nitrogens with zero attached hydrogens (tertiary/aromatic N) is 1. The van der Waals surface area contributed by atoms with E-state index in [2.05, 4.69) is 17.4 Å². The second kappa shape index (κ2) is 6.37. The molecule has 1 amide bonds. The van der Waals surface area contributed by atoms with Gasteiger partial charge in [0.2, 0.25) is 5.91 Å². The van der Waals surface area contributed by atoms with Crippen molar-refractivity contribution in [2.45, 2.75) is 31.8 Å². The van der Waals surface area contributed by atoms with Gasteiger partial charge in [0.1, 0.15) is 0 Å². The molecule has 4 heteroatoms. The molecule has 0 bridgehead atoms. The van der Waals surface area contributed by atoms with Crippen molar-refractivity contribution in [3.05, 3.63) is 35.9 Å². The Morgan fingerprint density at radius 2 is 2.05 bits per heavy atom. The third-order valence-electron chi connectivity index (χ3n) is 3.94. The van der Waals surface area contributed by atoms with Gasteiger partial charge in [-0.1, -0.05) is 30.3 Å². The van der Waals surface area contributed by atoms with E-state index < -0.39 is 5.54 Å². The Morgan fingerprint density at radius 3 is 2.60 bits per heavy atom. The number of nitrogens with one attached hydrogen (secondary N) is 1. The SMILES string of the molecule is CN(CC(=O)NC(C)(CO)C1CC1)Cc1ccccc1. The van der Waals surface area contributed by atoms with Crippen molar-refractivity contribution < 1.29 is 9.90 Å². The molecule has 1 saturated carbocycles. The molecule has 1 fully saturated rings. The van der Waals surface area contributed by atoms with Crippen LogP contribution in [0.3, 0.4) is 0 Å². The van der Waals surface area contributed by atoms with Gasteiger partial charge in [0, 0.05) is 6.54 Å². The average molecular weight is 276 g/mol. The van der Waals surface area contributed by atoms with Gasteiger partial charge in [0.25, 0.3) is 0 Å². The highest BCUT2D eigenvalue weighted by Crippen LogP contribution is 2.39. The van der Waals surface area contributed by atoms with Crippen LogP contribution in [0.2, 0.25) is 0 Å². The topological polar surface area (TPSA) is 52.6 Å². The van der Waals surface area contributed by atoms with E-state index in [9.17, 15) is 9.90 Å². The van der Waals surface area contributed by atoms with Crippen LogP contribution in [0.25, 0.3) is 0 Å². The fraction of sp³-hybridized carbons (Fsp3) is 0.562. The van der Waals surface area contributed by atoms with Gasteiger partial charge in [-0.05, 0) is 38.3 Å². The zero-order valence-electron chi connectivity index (χ0n) is 12.3. The Hall–Kier alpha value is -1.39. The summed E-state index contributed by atoms with van der Waals surface area (Å²) in [6, 6.07) is 10.1. The molecule has 110 valence electrons. The first kappa shape index (κ1) is 15.0. The normalized spacial score (nSPS) is 17.8. The van der Waals surface area contributed by atoms with E-state index in [0.717, 1.165) is 19.4 Å². The van der Waals surface area contributed by atoms with E-state index in [1.54, 1.807) is 0 Å². The molecule has 1 unspecified atom stereocenters. The van der Waals surface area contributed by atoms with Crippen LogP contribution < -0.4 is 5.32 Å². The van der Waals surface area contributed by atoms with Crippen molar-refractivity contribution >= 4 is 5.91 Å². The van der Waals surface area contributed by atoms with Gasteiger partial charge in [-0.2, -0.15) is 0 Å². The maximum Gasteiger partial charge on any atom is 0.234 e. The molecule has 1 aliphatic rings. The molecule has 0 heterocycles. The standard InChI is InChI=1S/C16H24N2O2/c1-16(12-19,14-8-9-14)17-15(20)11-18(2)10-13-6-4-3-5-7-13/h3-7,14,19H,8-12H2,1-2H3,(H,17,20). The Balaban J connectivity index is 1.81. The van der Waals surface area contributed by atoms with Gasteiger partial charge in [-0.25, -0.2) is 0 Å². The first-order chi connectivity index (χ1) is 9.53. The molecule has 0 saturated heterocycles. The van der Waals surface area contributed by atoms with Crippen molar-refractivity contribution in [2.75, 3.05) is 20.2 Å². The average Bonchev–Trinajstić information content (AvgIpc) is 3.24. The lowest BCUT2D eigenvalue weighted by Gasteiger charge is -2.29. The number of hydrogen-bond donors (Lipinski definition) is 2. The Labute approximate surface area is 120 Å². The predicted molar refractivity (Wildman–Crippen MR) is 79.1 cm³/mol. The molecule has 0 aromatic heterocycles. The summed E-state index contributed by atoms with van der Waals surface area (Å²) in [5.41, 5.74) is 0.736. The maximum absolute atomic E-state index is 12.1. The molecule has 1 aromatic carbocycles. The molecule has 2 N–H and O–H groups in total. The van der Waals surface area contributed by atoms with Crippen LogP contribution in [-0.4, -0.2) is 41.7 Å². The zero-order chi connectivity index (χ0) is 14.6. The van der Waals surface area contributed by atoms with Crippen LogP contribution in [0, 0.1) is 5.92 Å². The van der Waals surface area contributed by atoms with E-state index in [-0.39, 0.29) is 12.5 Å². The van der Waals surface area contributed by atoms with Crippen LogP contribution in [0.1, 0.15) is 25.3 Å². The predicted octanol–water partition coefficient (Wildman–Crippen LogP) is 1.40. The summed E-state index contributed by atoms with van der Waals surface area (Å²) < 4.78 is 0. The summed E-state index contributed by atoms with van der Waals surface area (Å²) >= 11 is 0. The fourth-order valence-electron chi connectivity index (χ4n) is 2.55. The summed E-state index contributed by atoms with van der Waals surface area (Å²) in [5.74, 6) is 0.405. The van der Waals surface area contributed by atoms with Gasteiger partial charge >= 0.3 is 0 Å². The smallest absolute Gasteiger partial charge is 0.234 e. The van der Waals surface area contributed by atoms with E-state index in [0.29, 0.717) is 12.5 Å². The van der Waals surface area contributed by atoms with Gasteiger partial charge in [-0.15, -0.1) is 0 Å². The summed E-state index contributed by atoms with van der Waals surface area (Å²) in [5, 5.41) is 12.5. The maximum atomic E-state index is 12.1. The minimum atomic E-state index is -0.454. The number of benzene rings is 1. The summed E-state index contributed by atoms with van der Waals surface area (Å²) in [4.78, 5) is 14.1. The molecule has 0 spiro atoms. The lowest BCUT2D eigenvalue weighted by Crippen LogP contribution is -2.53. The number of amides is 1. The summed E-state index contributed by atoms with van der Waals surface area (Å²) in [6.45, 7) is 3.02. The first-order valence-corrected chi connectivity index (χ1v) is 7.18. The molecule has 2 rings (SSSR count). The van der Waals surface area contributed by atoms with Crippen molar-refractivity contribution in [3.8, 4) is 0 Å². The number of likely N-dealkylation sites (N-methyl/N-ethyl adjacent to an activating group) is 1. The zero-order valence-corrected chi connectivity index (χ0v) is 12.3. The van der Waals surface area contributed by atoms with E-state index in [1.165, 1.54) is 5.56 Å². The first-order valence-electron chi connectivity index (χ1n) is 7.18. The monoisotopic (exact) mass is 276 g/mol. The van der Waals surface area contributed by atoms with E-state index in [1.807, 2.05) is 37.1 Å². The lowest BCUT2D eigenvalue weighted by molar-refractivity contribution is -0.124. The lowest BCUT2D eigenvalue weighted by atomic mass is 9.97. The van der Waals surface area contributed by atoms with Crippen LogP contribution in [0.5, 0.6) is 0 Å².